The van der Waals surface area contributed by atoms with Crippen LogP contribution in [0.3, 0.4) is 0 Å². The van der Waals surface area contributed by atoms with Crippen LogP contribution in [0.1, 0.15) is 39.5 Å². The van der Waals surface area contributed by atoms with Crippen molar-refractivity contribution in [2.45, 2.75) is 56.9 Å². The minimum atomic E-state index is -1.95. The molecule has 0 spiro atoms. The minimum absolute atomic E-state index is 0.0287. The molecule has 29 heavy (non-hydrogen) atoms. The summed E-state index contributed by atoms with van der Waals surface area (Å²) in [5.74, 6) is -1.67. The molecule has 0 saturated heterocycles. The van der Waals surface area contributed by atoms with E-state index < -0.39 is 46.5 Å². The van der Waals surface area contributed by atoms with Crippen LogP contribution in [-0.2, 0) is 14.4 Å². The number of fused-ring (bicyclic) bond motifs is 7. The summed E-state index contributed by atoms with van der Waals surface area (Å²) >= 11 is 0. The lowest BCUT2D eigenvalue weighted by molar-refractivity contribution is -0.225. The topological polar surface area (TPSA) is 96.2 Å². The van der Waals surface area contributed by atoms with Gasteiger partial charge in [0.15, 0.2) is 11.5 Å². The molecule has 0 bridgehead atoms. The van der Waals surface area contributed by atoms with Crippen LogP contribution in [0.25, 0.3) is 0 Å². The van der Waals surface area contributed by atoms with Gasteiger partial charge in [-0.25, -0.2) is 4.39 Å². The highest BCUT2D eigenvalue weighted by molar-refractivity contribution is 6.01. The van der Waals surface area contributed by atoms with Crippen LogP contribution in [0.4, 0.5) is 4.39 Å². The van der Waals surface area contributed by atoms with Crippen LogP contribution in [0.15, 0.2) is 29.0 Å². The Morgan fingerprint density at radius 1 is 1.38 bits per heavy atom. The lowest BCUT2D eigenvalue weighted by Gasteiger charge is -2.62. The number of aliphatic hydroxyl groups is 2. The fourth-order valence-electron chi connectivity index (χ4n) is 7.50. The number of allylic oxidation sites excluding steroid dienone is 4. The van der Waals surface area contributed by atoms with E-state index in [1.54, 1.807) is 19.2 Å². The van der Waals surface area contributed by atoms with Gasteiger partial charge in [-0.15, -0.1) is 0 Å². The van der Waals surface area contributed by atoms with Crippen LogP contribution in [0, 0.1) is 28.6 Å². The van der Waals surface area contributed by atoms with Crippen molar-refractivity contribution in [3.05, 3.63) is 23.8 Å². The molecule has 0 amide bonds. The number of carbonyl (C=O) groups excluding carboxylic acids is 2. The van der Waals surface area contributed by atoms with E-state index >= 15 is 4.39 Å². The van der Waals surface area contributed by atoms with Gasteiger partial charge in [0.1, 0.15) is 6.61 Å². The number of nitrogens with zero attached hydrogens (tertiary/aromatic N) is 1. The summed E-state index contributed by atoms with van der Waals surface area (Å²) in [5, 5.41) is 24.8. The Bertz CT molecular complexity index is 898. The van der Waals surface area contributed by atoms with E-state index in [0.29, 0.717) is 19.3 Å². The SMILES string of the molecule is C[C@]12C=CC(=O)C=C1CC[C@H]1[C@@H]3C[C@H]4C=NO[C@@]4(C(=O)CO)[C@@]3(C)CC(O)[C@@]12F. The molecule has 5 aliphatic rings. The third-order valence-electron chi connectivity index (χ3n) is 8.90. The van der Waals surface area contributed by atoms with Crippen molar-refractivity contribution in [1.82, 2.24) is 0 Å². The molecule has 0 radical (unpaired) electrons. The summed E-state index contributed by atoms with van der Waals surface area (Å²) in [4.78, 5) is 30.4. The second-order valence-electron chi connectivity index (χ2n) is 9.77. The first-order valence-electron chi connectivity index (χ1n) is 10.3. The van der Waals surface area contributed by atoms with Gasteiger partial charge in [-0.3, -0.25) is 9.59 Å². The molecule has 3 fully saturated rings. The summed E-state index contributed by atoms with van der Waals surface area (Å²) in [6.45, 7) is 2.96. The first-order chi connectivity index (χ1) is 13.6. The zero-order valence-corrected chi connectivity index (χ0v) is 16.6. The number of ketones is 2. The molecule has 1 aliphatic heterocycles. The standard InChI is InChI=1S/C22H26FNO5/c1-19-6-5-14(26)7-12(19)3-4-15-16-8-13-10-24-29-22(13,18(28)11-25)20(16,2)9-17(27)21(15,19)23/h5-7,10,13,15-17,25,27H,3-4,8-9,11H2,1-2H3/t13-,15-,16-,17?,19-,20-,21-,22-/m0/s1. The summed E-state index contributed by atoms with van der Waals surface area (Å²) < 4.78 is 17.0. The molecule has 0 aromatic rings. The second kappa shape index (κ2) is 5.64. The third kappa shape index (κ3) is 1.92. The van der Waals surface area contributed by atoms with E-state index in [1.165, 1.54) is 12.2 Å². The summed E-state index contributed by atoms with van der Waals surface area (Å²) in [6.07, 6.45) is 6.38. The van der Waals surface area contributed by atoms with E-state index in [4.69, 9.17) is 4.84 Å². The molecule has 3 saturated carbocycles. The highest BCUT2D eigenvalue weighted by Crippen LogP contribution is 2.71. The van der Waals surface area contributed by atoms with Gasteiger partial charge in [0.05, 0.1) is 12.3 Å². The number of halogens is 1. The van der Waals surface area contributed by atoms with Crippen LogP contribution in [0.2, 0.25) is 0 Å². The summed E-state index contributed by atoms with van der Waals surface area (Å²) in [6, 6.07) is 0. The van der Waals surface area contributed by atoms with E-state index in [9.17, 15) is 19.8 Å². The predicted octanol–water partition coefficient (Wildman–Crippen LogP) is 1.90. The molecule has 2 N–H and O–H groups in total. The Balaban J connectivity index is 1.64. The van der Waals surface area contributed by atoms with Crippen LogP contribution in [0.5, 0.6) is 0 Å². The zero-order valence-electron chi connectivity index (χ0n) is 16.6. The zero-order chi connectivity index (χ0) is 20.8. The molecule has 156 valence electrons. The predicted molar refractivity (Wildman–Crippen MR) is 102 cm³/mol. The monoisotopic (exact) mass is 403 g/mol. The number of rotatable bonds is 2. The van der Waals surface area contributed by atoms with Gasteiger partial charge < -0.3 is 15.1 Å². The smallest absolute Gasteiger partial charge is 0.211 e. The molecule has 0 aromatic carbocycles. The molecule has 6 nitrogen and oxygen atoms in total. The number of aliphatic hydroxyl groups excluding tert-OH is 2. The largest absolute Gasteiger partial charge is 0.390 e. The fourth-order valence-corrected chi connectivity index (χ4v) is 7.50. The van der Waals surface area contributed by atoms with E-state index in [1.807, 2.05) is 6.92 Å². The molecule has 5 rings (SSSR count). The van der Waals surface area contributed by atoms with Crippen molar-refractivity contribution in [2.24, 2.45) is 33.7 Å². The van der Waals surface area contributed by atoms with Crippen LogP contribution < -0.4 is 0 Å². The molecular formula is C22H26FNO5. The van der Waals surface area contributed by atoms with Crippen molar-refractivity contribution in [1.29, 1.82) is 0 Å². The number of hydrogen-bond donors (Lipinski definition) is 2. The molecule has 7 heteroatoms. The maximum Gasteiger partial charge on any atom is 0.211 e. The van der Waals surface area contributed by atoms with Gasteiger partial charge in [0, 0.05) is 22.7 Å². The summed E-state index contributed by atoms with van der Waals surface area (Å²) in [7, 11) is 0. The van der Waals surface area contributed by atoms with Gasteiger partial charge >= 0.3 is 0 Å². The van der Waals surface area contributed by atoms with Crippen molar-refractivity contribution < 1.29 is 29.0 Å². The molecule has 4 aliphatic carbocycles. The molecule has 0 aromatic heterocycles. The van der Waals surface area contributed by atoms with E-state index in [-0.39, 0.29) is 24.0 Å². The Labute approximate surface area is 168 Å². The Kier molecular flexibility index (Phi) is 3.72. The first-order valence-corrected chi connectivity index (χ1v) is 10.3. The molecule has 8 atom stereocenters. The van der Waals surface area contributed by atoms with Crippen molar-refractivity contribution in [2.75, 3.05) is 6.61 Å². The average molecular weight is 403 g/mol. The van der Waals surface area contributed by atoms with Gasteiger partial charge in [0.25, 0.3) is 0 Å². The maximum atomic E-state index is 17.0. The lowest BCUT2D eigenvalue weighted by atomic mass is 9.44. The lowest BCUT2D eigenvalue weighted by Crippen LogP contribution is -2.69. The Morgan fingerprint density at radius 3 is 2.86 bits per heavy atom. The number of Topliss-reactive ketones (excluding diaryl/α,β-unsaturated/α-hetero) is 1. The van der Waals surface area contributed by atoms with Crippen molar-refractivity contribution in [3.8, 4) is 0 Å². The van der Waals surface area contributed by atoms with Gasteiger partial charge in [-0.1, -0.05) is 23.7 Å². The fraction of sp³-hybridized carbons (Fsp3) is 0.682. The highest BCUT2D eigenvalue weighted by Gasteiger charge is 2.78. The van der Waals surface area contributed by atoms with Crippen molar-refractivity contribution in [3.63, 3.8) is 0 Å². The van der Waals surface area contributed by atoms with Crippen LogP contribution >= 0.6 is 0 Å². The minimum Gasteiger partial charge on any atom is -0.390 e. The highest BCUT2D eigenvalue weighted by atomic mass is 19.1. The summed E-state index contributed by atoms with van der Waals surface area (Å²) in [5.41, 5.74) is -4.49. The second-order valence-corrected chi connectivity index (χ2v) is 9.77. The number of alkyl halides is 1. The maximum absolute atomic E-state index is 17.0. The molecule has 1 unspecified atom stereocenters. The average Bonchev–Trinajstić information content (AvgIpc) is 3.20. The molecular weight excluding hydrogens is 377 g/mol. The number of oxime groups is 1. The Hall–Kier alpha value is -1.86. The van der Waals surface area contributed by atoms with Gasteiger partial charge in [-0.05, 0) is 50.7 Å². The first kappa shape index (κ1) is 19.1. The Morgan fingerprint density at radius 2 is 2.14 bits per heavy atom. The van der Waals surface area contributed by atoms with Gasteiger partial charge in [-0.2, -0.15) is 0 Å². The number of carbonyl (C=O) groups is 2. The van der Waals surface area contributed by atoms with Crippen LogP contribution in [-0.4, -0.2) is 52.0 Å². The quantitative estimate of drug-likeness (QED) is 0.734. The third-order valence-corrected chi connectivity index (χ3v) is 8.90. The van der Waals surface area contributed by atoms with Gasteiger partial charge in [0.2, 0.25) is 11.4 Å². The van der Waals surface area contributed by atoms with Crippen molar-refractivity contribution >= 4 is 17.8 Å². The van der Waals surface area contributed by atoms with E-state index in [0.717, 1.165) is 5.57 Å². The van der Waals surface area contributed by atoms with E-state index in [2.05, 4.69) is 5.16 Å². The normalized spacial score (nSPS) is 52.2. The molecule has 1 heterocycles. The number of hydrogen-bond acceptors (Lipinski definition) is 6.